The van der Waals surface area contributed by atoms with Gasteiger partial charge in [-0.1, -0.05) is 6.92 Å². The minimum atomic E-state index is -0.116. The first-order valence-corrected chi connectivity index (χ1v) is 3.05. The Morgan fingerprint density at radius 3 is 3.00 bits per heavy atom. The van der Waals surface area contributed by atoms with Crippen molar-refractivity contribution < 1.29 is 9.84 Å². The van der Waals surface area contributed by atoms with E-state index in [2.05, 4.69) is 0 Å². The highest BCUT2D eigenvalue weighted by Crippen LogP contribution is 2.11. The summed E-state index contributed by atoms with van der Waals surface area (Å²) in [6.45, 7) is 1.97. The molecule has 9 heavy (non-hydrogen) atoms. The van der Waals surface area contributed by atoms with Gasteiger partial charge in [-0.3, -0.25) is 0 Å². The number of hydrogen-bond acceptors (Lipinski definition) is 2. The van der Waals surface area contributed by atoms with Crippen molar-refractivity contribution in [3.05, 3.63) is 24.2 Å². The number of hydrogen-bond donors (Lipinski definition) is 1. The summed E-state index contributed by atoms with van der Waals surface area (Å²) in [5, 5.41) is 9.05. The summed E-state index contributed by atoms with van der Waals surface area (Å²) in [6.07, 6.45) is 5.62. The quantitative estimate of drug-likeness (QED) is 0.580. The second kappa shape index (κ2) is 2.58. The van der Waals surface area contributed by atoms with Crippen molar-refractivity contribution in [1.82, 2.24) is 0 Å². The summed E-state index contributed by atoms with van der Waals surface area (Å²) < 4.78 is 5.04. The molecule has 2 nitrogen and oxygen atoms in total. The predicted octanol–water partition coefficient (Wildman–Crippen LogP) is 1.75. The van der Waals surface area contributed by atoms with Gasteiger partial charge in [0.1, 0.15) is 5.76 Å². The SMILES string of the molecule is CCC1OC=CC=C1O. The molecule has 0 aromatic carbocycles. The van der Waals surface area contributed by atoms with E-state index in [1.54, 1.807) is 18.4 Å². The van der Waals surface area contributed by atoms with Gasteiger partial charge in [0.2, 0.25) is 0 Å². The van der Waals surface area contributed by atoms with E-state index in [1.807, 2.05) is 6.92 Å². The molecule has 1 rings (SSSR count). The van der Waals surface area contributed by atoms with E-state index in [1.165, 1.54) is 0 Å². The monoisotopic (exact) mass is 126 g/mol. The largest absolute Gasteiger partial charge is 0.508 e. The summed E-state index contributed by atoms with van der Waals surface area (Å²) in [6, 6.07) is 0. The lowest BCUT2D eigenvalue weighted by molar-refractivity contribution is 0.120. The number of aliphatic hydroxyl groups excluding tert-OH is 1. The molecule has 0 fully saturated rings. The molecule has 0 aliphatic carbocycles. The molecule has 0 aromatic heterocycles. The Kier molecular flexibility index (Phi) is 1.78. The fourth-order valence-electron chi connectivity index (χ4n) is 0.760. The van der Waals surface area contributed by atoms with Gasteiger partial charge >= 0.3 is 0 Å². The zero-order chi connectivity index (χ0) is 6.69. The predicted molar refractivity (Wildman–Crippen MR) is 35.0 cm³/mol. The lowest BCUT2D eigenvalue weighted by atomic mass is 10.2. The van der Waals surface area contributed by atoms with Crippen LogP contribution in [-0.4, -0.2) is 11.2 Å². The van der Waals surface area contributed by atoms with Crippen LogP contribution >= 0.6 is 0 Å². The third-order valence-corrected chi connectivity index (χ3v) is 1.29. The molecule has 1 heterocycles. The molecule has 0 aromatic rings. The molecule has 0 saturated carbocycles. The van der Waals surface area contributed by atoms with Crippen molar-refractivity contribution in [1.29, 1.82) is 0 Å². The van der Waals surface area contributed by atoms with Crippen molar-refractivity contribution >= 4 is 0 Å². The van der Waals surface area contributed by atoms with E-state index >= 15 is 0 Å². The molecule has 1 unspecified atom stereocenters. The zero-order valence-electron chi connectivity index (χ0n) is 5.37. The molecule has 0 amide bonds. The van der Waals surface area contributed by atoms with E-state index in [4.69, 9.17) is 9.84 Å². The smallest absolute Gasteiger partial charge is 0.154 e. The number of aliphatic hydroxyl groups is 1. The average Bonchev–Trinajstić information content (AvgIpc) is 1.89. The molecule has 0 spiro atoms. The van der Waals surface area contributed by atoms with Crippen LogP contribution in [0.2, 0.25) is 0 Å². The standard InChI is InChI=1S/C7H10O2/c1-2-7-6(8)4-3-5-9-7/h3-5,7-8H,2H2,1H3. The first kappa shape index (κ1) is 6.20. The Hall–Kier alpha value is -0.920. The highest BCUT2D eigenvalue weighted by atomic mass is 16.5. The summed E-state index contributed by atoms with van der Waals surface area (Å²) in [7, 11) is 0. The molecule has 50 valence electrons. The van der Waals surface area contributed by atoms with Crippen molar-refractivity contribution in [2.75, 3.05) is 0 Å². The summed E-state index contributed by atoms with van der Waals surface area (Å²) in [4.78, 5) is 0. The summed E-state index contributed by atoms with van der Waals surface area (Å²) in [5.74, 6) is 0.319. The zero-order valence-corrected chi connectivity index (χ0v) is 5.37. The molecule has 0 saturated heterocycles. The van der Waals surface area contributed by atoms with Gasteiger partial charge < -0.3 is 9.84 Å². The Morgan fingerprint density at radius 2 is 2.56 bits per heavy atom. The molecule has 0 radical (unpaired) electrons. The normalized spacial score (nSPS) is 25.0. The number of allylic oxidation sites excluding steroid dienone is 2. The lowest BCUT2D eigenvalue weighted by Gasteiger charge is -2.15. The Morgan fingerprint density at radius 1 is 1.78 bits per heavy atom. The van der Waals surface area contributed by atoms with Crippen LogP contribution in [0, 0.1) is 0 Å². The van der Waals surface area contributed by atoms with Crippen molar-refractivity contribution in [3.8, 4) is 0 Å². The van der Waals surface area contributed by atoms with Crippen LogP contribution in [0.1, 0.15) is 13.3 Å². The first-order chi connectivity index (χ1) is 4.34. The van der Waals surface area contributed by atoms with Crippen molar-refractivity contribution in [2.45, 2.75) is 19.4 Å². The minimum Gasteiger partial charge on any atom is -0.508 e. The van der Waals surface area contributed by atoms with Gasteiger partial charge in [-0.15, -0.1) is 0 Å². The minimum absolute atomic E-state index is 0.116. The van der Waals surface area contributed by atoms with E-state index < -0.39 is 0 Å². The molecule has 1 aliphatic rings. The maximum Gasteiger partial charge on any atom is 0.154 e. The van der Waals surface area contributed by atoms with Crippen molar-refractivity contribution in [3.63, 3.8) is 0 Å². The van der Waals surface area contributed by atoms with E-state index in [0.29, 0.717) is 5.76 Å². The third-order valence-electron chi connectivity index (χ3n) is 1.29. The van der Waals surface area contributed by atoms with Crippen molar-refractivity contribution in [2.24, 2.45) is 0 Å². The van der Waals surface area contributed by atoms with Gasteiger partial charge in [-0.05, 0) is 18.6 Å². The molecular formula is C7H10O2. The van der Waals surface area contributed by atoms with Crippen LogP contribution in [0.5, 0.6) is 0 Å². The molecule has 1 atom stereocenters. The maximum absolute atomic E-state index is 9.05. The fraction of sp³-hybridized carbons (Fsp3) is 0.429. The van der Waals surface area contributed by atoms with Gasteiger partial charge in [0.15, 0.2) is 6.10 Å². The Balaban J connectivity index is 2.59. The van der Waals surface area contributed by atoms with Gasteiger partial charge in [-0.2, -0.15) is 0 Å². The molecule has 1 aliphatic heterocycles. The fourth-order valence-corrected chi connectivity index (χ4v) is 0.760. The highest BCUT2D eigenvalue weighted by Gasteiger charge is 2.11. The summed E-state index contributed by atoms with van der Waals surface area (Å²) in [5.41, 5.74) is 0. The second-order valence-corrected chi connectivity index (χ2v) is 1.95. The molecular weight excluding hydrogens is 116 g/mol. The highest BCUT2D eigenvalue weighted by molar-refractivity contribution is 5.12. The van der Waals surface area contributed by atoms with Crippen LogP contribution in [0.3, 0.4) is 0 Å². The number of rotatable bonds is 1. The topological polar surface area (TPSA) is 29.5 Å². The van der Waals surface area contributed by atoms with E-state index in [9.17, 15) is 0 Å². The Bertz CT molecular complexity index is 147. The van der Waals surface area contributed by atoms with E-state index in [0.717, 1.165) is 6.42 Å². The van der Waals surface area contributed by atoms with Gasteiger partial charge in [0, 0.05) is 0 Å². The summed E-state index contributed by atoms with van der Waals surface area (Å²) >= 11 is 0. The van der Waals surface area contributed by atoms with E-state index in [-0.39, 0.29) is 6.10 Å². The van der Waals surface area contributed by atoms with Crippen LogP contribution in [0.25, 0.3) is 0 Å². The molecule has 2 heteroatoms. The van der Waals surface area contributed by atoms with Crippen LogP contribution < -0.4 is 0 Å². The lowest BCUT2D eigenvalue weighted by Crippen LogP contribution is -2.13. The number of ether oxygens (including phenoxy) is 1. The molecule has 0 bridgehead atoms. The Labute approximate surface area is 54.5 Å². The van der Waals surface area contributed by atoms with Crippen LogP contribution in [0.15, 0.2) is 24.2 Å². The third kappa shape index (κ3) is 1.25. The van der Waals surface area contributed by atoms with Crippen LogP contribution in [-0.2, 0) is 4.74 Å². The van der Waals surface area contributed by atoms with Gasteiger partial charge in [-0.25, -0.2) is 0 Å². The average molecular weight is 126 g/mol. The van der Waals surface area contributed by atoms with Gasteiger partial charge in [0.05, 0.1) is 6.26 Å². The molecule has 1 N–H and O–H groups in total. The second-order valence-electron chi connectivity index (χ2n) is 1.95. The van der Waals surface area contributed by atoms with Gasteiger partial charge in [0.25, 0.3) is 0 Å². The van der Waals surface area contributed by atoms with Crippen LogP contribution in [0.4, 0.5) is 0 Å². The first-order valence-electron chi connectivity index (χ1n) is 3.05. The maximum atomic E-state index is 9.05.